The van der Waals surface area contributed by atoms with Crippen molar-refractivity contribution < 1.29 is 37.9 Å². The number of hydrogen-bond acceptors (Lipinski definition) is 6. The predicted molar refractivity (Wildman–Crippen MR) is 235 cm³/mol. The van der Waals surface area contributed by atoms with E-state index in [0.717, 1.165) is 38.5 Å². The zero-order valence-electron chi connectivity index (χ0n) is 36.5. The molecule has 8 nitrogen and oxygen atoms in total. The van der Waals surface area contributed by atoms with E-state index in [9.17, 15) is 14.2 Å². The zero-order chi connectivity index (χ0) is 41.1. The molecular formula is C47H89O8P. The summed E-state index contributed by atoms with van der Waals surface area (Å²) in [7, 11) is -4.76. The summed E-state index contributed by atoms with van der Waals surface area (Å²) < 4.78 is 26.5. The summed E-state index contributed by atoms with van der Waals surface area (Å²) in [5.41, 5.74) is 0. The number of hydrogen-bond donors (Lipinski definition) is 2. The van der Waals surface area contributed by atoms with Crippen LogP contribution in [0.1, 0.15) is 245 Å². The lowest BCUT2D eigenvalue weighted by Crippen LogP contribution is -2.29. The minimum absolute atomic E-state index is 0.212. The highest BCUT2D eigenvalue weighted by Crippen LogP contribution is 2.36. The molecule has 0 aliphatic carbocycles. The van der Waals surface area contributed by atoms with Crippen LogP contribution >= 0.6 is 7.82 Å². The van der Waals surface area contributed by atoms with Crippen LogP contribution in [0.15, 0.2) is 24.3 Å². The first kappa shape index (κ1) is 54.5. The van der Waals surface area contributed by atoms with Gasteiger partial charge in [0, 0.05) is 12.8 Å². The molecule has 0 aliphatic rings. The van der Waals surface area contributed by atoms with Crippen molar-refractivity contribution in [1.29, 1.82) is 0 Å². The van der Waals surface area contributed by atoms with Crippen LogP contribution in [0.5, 0.6) is 0 Å². The second kappa shape index (κ2) is 43.1. The molecule has 0 aromatic heterocycles. The monoisotopic (exact) mass is 813 g/mol. The summed E-state index contributed by atoms with van der Waals surface area (Å²) >= 11 is 0. The van der Waals surface area contributed by atoms with E-state index in [1.807, 2.05) is 0 Å². The van der Waals surface area contributed by atoms with E-state index in [-0.39, 0.29) is 19.4 Å². The fourth-order valence-electron chi connectivity index (χ4n) is 6.89. The number of carbonyl (C=O) groups is 2. The van der Waals surface area contributed by atoms with E-state index in [4.69, 9.17) is 19.3 Å². The minimum Gasteiger partial charge on any atom is -0.462 e. The Morgan fingerprint density at radius 1 is 0.446 bits per heavy atom. The molecule has 0 aliphatic heterocycles. The van der Waals surface area contributed by atoms with Gasteiger partial charge in [0.2, 0.25) is 0 Å². The van der Waals surface area contributed by atoms with Gasteiger partial charge in [-0.25, -0.2) is 4.57 Å². The lowest BCUT2D eigenvalue weighted by atomic mass is 10.1. The normalized spacial score (nSPS) is 12.6. The molecule has 0 amide bonds. The van der Waals surface area contributed by atoms with Gasteiger partial charge in [0.25, 0.3) is 0 Å². The Kier molecular flexibility index (Phi) is 42.0. The molecule has 0 aromatic rings. The van der Waals surface area contributed by atoms with Gasteiger partial charge in [0.05, 0.1) is 6.61 Å². The number of phosphoric ester groups is 1. The van der Waals surface area contributed by atoms with Crippen LogP contribution < -0.4 is 0 Å². The van der Waals surface area contributed by atoms with Crippen LogP contribution in [-0.4, -0.2) is 41.0 Å². The van der Waals surface area contributed by atoms with Gasteiger partial charge in [0.15, 0.2) is 6.10 Å². The van der Waals surface area contributed by atoms with Gasteiger partial charge in [-0.05, 0) is 64.2 Å². The maximum atomic E-state index is 12.4. The van der Waals surface area contributed by atoms with Gasteiger partial charge in [-0.15, -0.1) is 0 Å². The van der Waals surface area contributed by atoms with Gasteiger partial charge in [0.1, 0.15) is 6.61 Å². The third-order valence-corrected chi connectivity index (χ3v) is 10.9. The van der Waals surface area contributed by atoms with Crippen LogP contribution in [0, 0.1) is 0 Å². The quantitative estimate of drug-likeness (QED) is 0.0270. The Labute approximate surface area is 345 Å². The lowest BCUT2D eigenvalue weighted by molar-refractivity contribution is -0.161. The second-order valence-electron chi connectivity index (χ2n) is 16.1. The fourth-order valence-corrected chi connectivity index (χ4v) is 7.25. The number of phosphoric acid groups is 1. The van der Waals surface area contributed by atoms with Crippen LogP contribution in [0.2, 0.25) is 0 Å². The van der Waals surface area contributed by atoms with Crippen molar-refractivity contribution >= 4 is 19.8 Å². The Bertz CT molecular complexity index is 962. The number of allylic oxidation sites excluding steroid dienone is 4. The molecule has 0 rings (SSSR count). The van der Waals surface area contributed by atoms with Crippen molar-refractivity contribution in [2.75, 3.05) is 13.2 Å². The number of unbranched alkanes of at least 4 members (excludes halogenated alkanes) is 30. The molecule has 330 valence electrons. The zero-order valence-corrected chi connectivity index (χ0v) is 37.4. The van der Waals surface area contributed by atoms with Gasteiger partial charge >= 0.3 is 19.8 Å². The van der Waals surface area contributed by atoms with Crippen LogP contribution in [0.3, 0.4) is 0 Å². The van der Waals surface area contributed by atoms with Gasteiger partial charge in [-0.3, -0.25) is 14.1 Å². The first-order valence-corrected chi connectivity index (χ1v) is 25.2. The highest BCUT2D eigenvalue weighted by Gasteiger charge is 2.23. The molecular weight excluding hydrogens is 723 g/mol. The first-order chi connectivity index (χ1) is 27.3. The molecule has 0 bridgehead atoms. The Morgan fingerprint density at radius 2 is 0.750 bits per heavy atom. The summed E-state index contributed by atoms with van der Waals surface area (Å²) in [6, 6.07) is 0. The number of rotatable bonds is 44. The Morgan fingerprint density at radius 3 is 1.09 bits per heavy atom. The molecule has 1 unspecified atom stereocenters. The largest absolute Gasteiger partial charge is 0.469 e. The maximum Gasteiger partial charge on any atom is 0.469 e. The lowest BCUT2D eigenvalue weighted by Gasteiger charge is -2.18. The third kappa shape index (κ3) is 45.2. The van der Waals surface area contributed by atoms with Crippen molar-refractivity contribution in [3.8, 4) is 0 Å². The molecule has 0 radical (unpaired) electrons. The highest BCUT2D eigenvalue weighted by atomic mass is 31.2. The summed E-state index contributed by atoms with van der Waals surface area (Å²) in [4.78, 5) is 43.0. The van der Waals surface area contributed by atoms with Crippen molar-refractivity contribution in [2.45, 2.75) is 251 Å². The molecule has 0 saturated heterocycles. The predicted octanol–water partition coefficient (Wildman–Crippen LogP) is 14.7. The molecule has 0 aromatic carbocycles. The minimum atomic E-state index is -4.76. The van der Waals surface area contributed by atoms with E-state index in [1.54, 1.807) is 0 Å². The van der Waals surface area contributed by atoms with E-state index < -0.39 is 32.5 Å². The molecule has 1 atom stereocenters. The summed E-state index contributed by atoms with van der Waals surface area (Å²) in [6.07, 6.45) is 50.4. The first-order valence-electron chi connectivity index (χ1n) is 23.6. The van der Waals surface area contributed by atoms with Crippen molar-refractivity contribution in [3.63, 3.8) is 0 Å². The van der Waals surface area contributed by atoms with Crippen LogP contribution in [-0.2, 0) is 28.2 Å². The van der Waals surface area contributed by atoms with Gasteiger partial charge in [-0.1, -0.05) is 192 Å². The van der Waals surface area contributed by atoms with E-state index in [0.29, 0.717) is 6.42 Å². The smallest absolute Gasteiger partial charge is 0.462 e. The van der Waals surface area contributed by atoms with Crippen molar-refractivity contribution in [1.82, 2.24) is 0 Å². The van der Waals surface area contributed by atoms with E-state index in [1.165, 1.54) is 173 Å². The van der Waals surface area contributed by atoms with Gasteiger partial charge in [-0.2, -0.15) is 0 Å². The number of carbonyl (C=O) groups excluding carboxylic acids is 2. The van der Waals surface area contributed by atoms with E-state index in [2.05, 4.69) is 42.7 Å². The topological polar surface area (TPSA) is 119 Å². The average molecular weight is 813 g/mol. The third-order valence-electron chi connectivity index (χ3n) is 10.4. The van der Waals surface area contributed by atoms with E-state index >= 15 is 0 Å². The molecule has 2 N–H and O–H groups in total. The van der Waals surface area contributed by atoms with Crippen LogP contribution in [0.25, 0.3) is 0 Å². The Balaban J connectivity index is 3.84. The summed E-state index contributed by atoms with van der Waals surface area (Å²) in [6.45, 7) is 3.71. The maximum absolute atomic E-state index is 12.4. The highest BCUT2D eigenvalue weighted by molar-refractivity contribution is 7.46. The molecule has 0 heterocycles. The number of ether oxygens (including phenoxy) is 2. The second-order valence-corrected chi connectivity index (χ2v) is 17.3. The standard InChI is InChI=1S/C47H89O8P/c1-3-5-7-9-11-13-15-17-19-21-23-25-27-29-31-33-35-37-39-41-46(48)53-43-45(44-54-56(50,51)52)55-47(49)42-40-38-36-34-32-30-28-26-24-22-20-18-16-14-12-10-8-6-4-2/h17-20,45H,3-16,21-44H2,1-2H3,(H2,50,51,52)/b19-17-,20-18-. The van der Waals surface area contributed by atoms with Crippen molar-refractivity contribution in [2.24, 2.45) is 0 Å². The molecule has 9 heteroatoms. The molecule has 0 fully saturated rings. The molecule has 0 saturated carbocycles. The van der Waals surface area contributed by atoms with Crippen molar-refractivity contribution in [3.05, 3.63) is 24.3 Å². The summed E-state index contributed by atoms with van der Waals surface area (Å²) in [5, 5.41) is 0. The Hall–Kier alpha value is -1.47. The SMILES string of the molecule is CCCCCCCC/C=C\CCCCCCCCCCCC(=O)OCC(COP(=O)(O)O)OC(=O)CCCCCCCCCCC/C=C\CCCCCCCC. The van der Waals surface area contributed by atoms with Gasteiger partial charge < -0.3 is 19.3 Å². The van der Waals surface area contributed by atoms with Crippen LogP contribution in [0.4, 0.5) is 0 Å². The fraction of sp³-hybridized carbons (Fsp3) is 0.872. The molecule has 0 spiro atoms. The average Bonchev–Trinajstić information content (AvgIpc) is 3.17. The summed E-state index contributed by atoms with van der Waals surface area (Å²) in [5.74, 6) is -0.879. The molecule has 56 heavy (non-hydrogen) atoms. The number of esters is 2.